The van der Waals surface area contributed by atoms with Crippen LogP contribution in [0.25, 0.3) is 0 Å². The van der Waals surface area contributed by atoms with Crippen LogP contribution < -0.4 is 0 Å². The molecule has 0 bridgehead atoms. The number of aromatic nitrogens is 2. The fraction of sp³-hybridized carbons (Fsp3) is 0.143. The molecule has 0 aromatic carbocycles. The molecule has 0 saturated heterocycles. The van der Waals surface area contributed by atoms with Crippen LogP contribution in [0.2, 0.25) is 0 Å². The first kappa shape index (κ1) is 8.20. The van der Waals surface area contributed by atoms with Gasteiger partial charge in [0.25, 0.3) is 0 Å². The van der Waals surface area contributed by atoms with Gasteiger partial charge in [-0.1, -0.05) is 6.08 Å². The van der Waals surface area contributed by atoms with E-state index in [1.807, 2.05) is 0 Å². The standard InChI is InChI=1S/C7H7BrN2O/c1-2-3-10-7(5-11)6(8)4-9-10/h2,4-5H,1,3H2. The number of rotatable bonds is 3. The van der Waals surface area contributed by atoms with Crippen molar-refractivity contribution in [1.82, 2.24) is 9.78 Å². The Labute approximate surface area is 72.8 Å². The zero-order valence-corrected chi connectivity index (χ0v) is 7.41. The summed E-state index contributed by atoms with van der Waals surface area (Å²) in [6.45, 7) is 4.10. The van der Waals surface area contributed by atoms with Gasteiger partial charge in [-0.3, -0.25) is 9.48 Å². The third-order valence-corrected chi connectivity index (χ3v) is 1.86. The number of hydrogen-bond donors (Lipinski definition) is 0. The number of nitrogens with zero attached hydrogens (tertiary/aromatic N) is 2. The van der Waals surface area contributed by atoms with E-state index in [4.69, 9.17) is 0 Å². The van der Waals surface area contributed by atoms with Gasteiger partial charge in [-0.15, -0.1) is 6.58 Å². The van der Waals surface area contributed by atoms with Gasteiger partial charge in [-0.2, -0.15) is 5.10 Å². The third-order valence-electron chi connectivity index (χ3n) is 1.25. The van der Waals surface area contributed by atoms with Crippen LogP contribution in [0.4, 0.5) is 0 Å². The molecule has 1 aromatic rings. The largest absolute Gasteiger partial charge is 0.296 e. The summed E-state index contributed by atoms with van der Waals surface area (Å²) in [4.78, 5) is 10.5. The summed E-state index contributed by atoms with van der Waals surface area (Å²) < 4.78 is 2.29. The second-order valence-electron chi connectivity index (χ2n) is 1.97. The van der Waals surface area contributed by atoms with Crippen molar-refractivity contribution in [3.05, 3.63) is 29.0 Å². The maximum Gasteiger partial charge on any atom is 0.169 e. The van der Waals surface area contributed by atoms with Gasteiger partial charge >= 0.3 is 0 Å². The average molecular weight is 215 g/mol. The van der Waals surface area contributed by atoms with Crippen LogP contribution >= 0.6 is 15.9 Å². The zero-order chi connectivity index (χ0) is 8.27. The Bertz CT molecular complexity index is 280. The summed E-state index contributed by atoms with van der Waals surface area (Å²) in [5.74, 6) is 0. The fourth-order valence-corrected chi connectivity index (χ4v) is 1.15. The van der Waals surface area contributed by atoms with Gasteiger partial charge in [0.1, 0.15) is 5.69 Å². The minimum atomic E-state index is 0.546. The monoisotopic (exact) mass is 214 g/mol. The van der Waals surface area contributed by atoms with E-state index < -0.39 is 0 Å². The minimum absolute atomic E-state index is 0.546. The maximum absolute atomic E-state index is 10.5. The number of aldehydes is 1. The number of allylic oxidation sites excluding steroid dienone is 1. The molecule has 0 N–H and O–H groups in total. The molecule has 0 aliphatic carbocycles. The maximum atomic E-state index is 10.5. The summed E-state index contributed by atoms with van der Waals surface area (Å²) >= 11 is 3.20. The molecule has 0 amide bonds. The van der Waals surface area contributed by atoms with E-state index in [9.17, 15) is 4.79 Å². The van der Waals surface area contributed by atoms with Crippen LogP contribution in [0.15, 0.2) is 23.3 Å². The number of hydrogen-bond acceptors (Lipinski definition) is 2. The topological polar surface area (TPSA) is 34.9 Å². The molecule has 1 aromatic heterocycles. The molecule has 0 spiro atoms. The van der Waals surface area contributed by atoms with Crippen molar-refractivity contribution in [2.24, 2.45) is 0 Å². The van der Waals surface area contributed by atoms with E-state index in [-0.39, 0.29) is 0 Å². The lowest BCUT2D eigenvalue weighted by molar-refractivity contribution is 0.111. The van der Waals surface area contributed by atoms with Gasteiger partial charge in [-0.25, -0.2) is 0 Å². The lowest BCUT2D eigenvalue weighted by atomic mass is 10.4. The third kappa shape index (κ3) is 1.57. The number of carbonyl (C=O) groups is 1. The molecule has 58 valence electrons. The molecular weight excluding hydrogens is 208 g/mol. The Morgan fingerprint density at radius 3 is 3.09 bits per heavy atom. The molecule has 0 aliphatic rings. The quantitative estimate of drug-likeness (QED) is 0.567. The summed E-state index contributed by atoms with van der Waals surface area (Å²) in [6.07, 6.45) is 4.04. The molecule has 4 heteroatoms. The van der Waals surface area contributed by atoms with E-state index in [2.05, 4.69) is 27.6 Å². The molecule has 1 rings (SSSR count). The van der Waals surface area contributed by atoms with E-state index in [1.165, 1.54) is 0 Å². The van der Waals surface area contributed by atoms with Gasteiger partial charge in [0, 0.05) is 0 Å². The summed E-state index contributed by atoms with van der Waals surface area (Å²) in [7, 11) is 0. The van der Waals surface area contributed by atoms with E-state index in [0.29, 0.717) is 16.7 Å². The predicted molar refractivity (Wildman–Crippen MR) is 45.5 cm³/mol. The average Bonchev–Trinajstić information content (AvgIpc) is 2.33. The van der Waals surface area contributed by atoms with Crippen LogP contribution in [0.1, 0.15) is 10.5 Å². The molecule has 1 heterocycles. The number of carbonyl (C=O) groups excluding carboxylic acids is 1. The van der Waals surface area contributed by atoms with Gasteiger partial charge < -0.3 is 0 Å². The highest BCUT2D eigenvalue weighted by Crippen LogP contribution is 2.13. The van der Waals surface area contributed by atoms with E-state index in [0.717, 1.165) is 6.29 Å². The molecular formula is C7H7BrN2O. The normalized spacial score (nSPS) is 9.55. The Hall–Kier alpha value is -0.900. The smallest absolute Gasteiger partial charge is 0.169 e. The first-order chi connectivity index (χ1) is 5.29. The Morgan fingerprint density at radius 1 is 1.82 bits per heavy atom. The van der Waals surface area contributed by atoms with Gasteiger partial charge in [0.05, 0.1) is 17.2 Å². The first-order valence-electron chi connectivity index (χ1n) is 3.07. The summed E-state index contributed by atoms with van der Waals surface area (Å²) in [6, 6.07) is 0. The first-order valence-corrected chi connectivity index (χ1v) is 3.86. The van der Waals surface area contributed by atoms with Crippen LogP contribution in [0.5, 0.6) is 0 Å². The van der Waals surface area contributed by atoms with Gasteiger partial charge in [0.2, 0.25) is 0 Å². The highest BCUT2D eigenvalue weighted by molar-refractivity contribution is 9.10. The second-order valence-corrected chi connectivity index (χ2v) is 2.82. The molecule has 0 saturated carbocycles. The molecule has 0 fully saturated rings. The molecule has 0 radical (unpaired) electrons. The van der Waals surface area contributed by atoms with Crippen molar-refractivity contribution in [3.63, 3.8) is 0 Å². The summed E-state index contributed by atoms with van der Waals surface area (Å²) in [5.41, 5.74) is 0.546. The van der Waals surface area contributed by atoms with Gasteiger partial charge in [0.15, 0.2) is 6.29 Å². The van der Waals surface area contributed by atoms with Crippen molar-refractivity contribution in [2.45, 2.75) is 6.54 Å². The van der Waals surface area contributed by atoms with Crippen molar-refractivity contribution < 1.29 is 4.79 Å². The van der Waals surface area contributed by atoms with E-state index >= 15 is 0 Å². The fourth-order valence-electron chi connectivity index (χ4n) is 0.757. The van der Waals surface area contributed by atoms with Crippen molar-refractivity contribution in [2.75, 3.05) is 0 Å². The molecule has 0 atom stereocenters. The van der Waals surface area contributed by atoms with Crippen LogP contribution in [0.3, 0.4) is 0 Å². The Morgan fingerprint density at radius 2 is 2.55 bits per heavy atom. The van der Waals surface area contributed by atoms with Crippen LogP contribution in [0, 0.1) is 0 Å². The highest BCUT2D eigenvalue weighted by Gasteiger charge is 2.04. The minimum Gasteiger partial charge on any atom is -0.296 e. The molecule has 3 nitrogen and oxygen atoms in total. The van der Waals surface area contributed by atoms with Crippen molar-refractivity contribution >= 4 is 22.2 Å². The van der Waals surface area contributed by atoms with Crippen LogP contribution in [-0.2, 0) is 6.54 Å². The molecule has 0 aliphatic heterocycles. The van der Waals surface area contributed by atoms with Crippen molar-refractivity contribution in [1.29, 1.82) is 0 Å². The van der Waals surface area contributed by atoms with Crippen LogP contribution in [-0.4, -0.2) is 16.1 Å². The highest BCUT2D eigenvalue weighted by atomic mass is 79.9. The zero-order valence-electron chi connectivity index (χ0n) is 5.83. The number of halogens is 1. The second kappa shape index (κ2) is 3.48. The van der Waals surface area contributed by atoms with E-state index in [1.54, 1.807) is 17.0 Å². The summed E-state index contributed by atoms with van der Waals surface area (Å²) in [5, 5.41) is 3.94. The Balaban J connectivity index is 3.04. The Kier molecular flexibility index (Phi) is 2.59. The molecule has 0 unspecified atom stereocenters. The lowest BCUT2D eigenvalue weighted by Crippen LogP contribution is -2.01. The lowest BCUT2D eigenvalue weighted by Gasteiger charge is -1.96. The predicted octanol–water partition coefficient (Wildman–Crippen LogP) is 1.64. The SMILES string of the molecule is C=CCn1ncc(Br)c1C=O. The van der Waals surface area contributed by atoms with Gasteiger partial charge in [-0.05, 0) is 15.9 Å². The molecule has 11 heavy (non-hydrogen) atoms. The van der Waals surface area contributed by atoms with Crippen molar-refractivity contribution in [3.8, 4) is 0 Å².